The molecule has 4 fully saturated rings. The van der Waals surface area contributed by atoms with Gasteiger partial charge in [0.05, 0.1) is 31.5 Å². The van der Waals surface area contributed by atoms with E-state index in [1.54, 1.807) is 5.57 Å². The summed E-state index contributed by atoms with van der Waals surface area (Å²) in [4.78, 5) is 0. The molecule has 11 unspecified atom stereocenters. The van der Waals surface area contributed by atoms with Crippen molar-refractivity contribution in [3.05, 3.63) is 11.6 Å². The molecular weight excluding hydrogens is 524 g/mol. The Labute approximate surface area is 257 Å². The molecule has 14 atom stereocenters. The SMILES string of the molecule is CCC(CCC(C)C1CCC2C3CC=C4CC(OC[C@@H]5OC(CO)[C@@H](C)[C@@H](O)C5O)CCC4(C)C3CCC12C)C(C)C. The van der Waals surface area contributed by atoms with Gasteiger partial charge in [0.1, 0.15) is 12.2 Å². The number of allylic oxidation sites excluding steroid dienone is 1. The van der Waals surface area contributed by atoms with Gasteiger partial charge < -0.3 is 24.8 Å². The van der Waals surface area contributed by atoms with E-state index in [1.165, 1.54) is 57.8 Å². The predicted octanol–water partition coefficient (Wildman–Crippen LogP) is 7.17. The number of aliphatic hydroxyl groups is 3. The highest BCUT2D eigenvalue weighted by atomic mass is 16.6. The molecule has 0 aromatic rings. The van der Waals surface area contributed by atoms with Crippen LogP contribution in [0.25, 0.3) is 0 Å². The third-order valence-electron chi connectivity index (χ3n) is 14.2. The first kappa shape index (κ1) is 32.9. The topological polar surface area (TPSA) is 79.2 Å². The Morgan fingerprint density at radius 1 is 0.976 bits per heavy atom. The normalized spacial score (nSPS) is 46.9. The predicted molar refractivity (Wildman–Crippen MR) is 169 cm³/mol. The summed E-state index contributed by atoms with van der Waals surface area (Å²) in [6, 6.07) is 0. The van der Waals surface area contributed by atoms with Crippen LogP contribution in [0.1, 0.15) is 119 Å². The fourth-order valence-electron chi connectivity index (χ4n) is 11.2. The Morgan fingerprint density at radius 3 is 2.43 bits per heavy atom. The molecule has 5 nitrogen and oxygen atoms in total. The van der Waals surface area contributed by atoms with Crippen LogP contribution in [-0.4, -0.2) is 59.1 Å². The number of hydrogen-bond acceptors (Lipinski definition) is 5. The number of fused-ring (bicyclic) bond motifs is 5. The van der Waals surface area contributed by atoms with Crippen molar-refractivity contribution in [1.82, 2.24) is 0 Å². The quantitative estimate of drug-likeness (QED) is 0.236. The number of hydrogen-bond donors (Lipinski definition) is 3. The summed E-state index contributed by atoms with van der Waals surface area (Å²) in [6.07, 6.45) is 14.0. The van der Waals surface area contributed by atoms with Gasteiger partial charge in [0, 0.05) is 5.92 Å². The second-order valence-electron chi connectivity index (χ2n) is 16.4. The van der Waals surface area contributed by atoms with Crippen molar-refractivity contribution < 1.29 is 24.8 Å². The van der Waals surface area contributed by atoms with Crippen LogP contribution in [0.15, 0.2) is 11.6 Å². The Morgan fingerprint density at radius 2 is 1.74 bits per heavy atom. The second-order valence-corrected chi connectivity index (χ2v) is 16.4. The van der Waals surface area contributed by atoms with Gasteiger partial charge in [-0.05, 0) is 110 Å². The Hall–Kier alpha value is -0.460. The van der Waals surface area contributed by atoms with Crippen molar-refractivity contribution >= 4 is 0 Å². The van der Waals surface area contributed by atoms with Gasteiger partial charge in [-0.25, -0.2) is 0 Å². The number of aliphatic hydroxyl groups excluding tert-OH is 3. The van der Waals surface area contributed by atoms with Gasteiger partial charge in [-0.15, -0.1) is 0 Å². The van der Waals surface area contributed by atoms with E-state index >= 15 is 0 Å². The molecule has 3 saturated carbocycles. The van der Waals surface area contributed by atoms with Crippen molar-refractivity contribution in [2.24, 2.45) is 58.2 Å². The van der Waals surface area contributed by atoms with Gasteiger partial charge >= 0.3 is 0 Å². The average molecular weight is 589 g/mol. The van der Waals surface area contributed by atoms with Crippen molar-refractivity contribution in [3.8, 4) is 0 Å². The highest BCUT2D eigenvalue weighted by Gasteiger charge is 2.59. The summed E-state index contributed by atoms with van der Waals surface area (Å²) in [7, 11) is 0. The van der Waals surface area contributed by atoms with Crippen molar-refractivity contribution in [2.45, 2.75) is 150 Å². The monoisotopic (exact) mass is 588 g/mol. The van der Waals surface area contributed by atoms with Crippen LogP contribution in [0.2, 0.25) is 0 Å². The second kappa shape index (κ2) is 13.1. The summed E-state index contributed by atoms with van der Waals surface area (Å²) in [6.45, 7) is 17.0. The summed E-state index contributed by atoms with van der Waals surface area (Å²) in [5, 5.41) is 30.7. The van der Waals surface area contributed by atoms with Gasteiger partial charge in [-0.1, -0.05) is 73.0 Å². The van der Waals surface area contributed by atoms with Crippen molar-refractivity contribution in [3.63, 3.8) is 0 Å². The largest absolute Gasteiger partial charge is 0.394 e. The van der Waals surface area contributed by atoms with E-state index in [0.29, 0.717) is 5.41 Å². The van der Waals surface area contributed by atoms with E-state index in [1.807, 2.05) is 6.92 Å². The van der Waals surface area contributed by atoms with Gasteiger partial charge in [0.15, 0.2) is 0 Å². The molecule has 0 spiro atoms. The maximum Gasteiger partial charge on any atom is 0.110 e. The van der Waals surface area contributed by atoms with E-state index < -0.39 is 24.4 Å². The van der Waals surface area contributed by atoms with Gasteiger partial charge in [0.25, 0.3) is 0 Å². The molecule has 3 N–H and O–H groups in total. The summed E-state index contributed by atoms with van der Waals surface area (Å²) < 4.78 is 12.3. The maximum atomic E-state index is 10.6. The fourth-order valence-corrected chi connectivity index (χ4v) is 11.2. The van der Waals surface area contributed by atoms with Crippen molar-refractivity contribution in [2.75, 3.05) is 13.2 Å². The first-order valence-electron chi connectivity index (χ1n) is 17.9. The minimum Gasteiger partial charge on any atom is -0.394 e. The molecule has 0 radical (unpaired) electrons. The molecule has 5 rings (SSSR count). The highest BCUT2D eigenvalue weighted by Crippen LogP contribution is 2.67. The Kier molecular flexibility index (Phi) is 10.3. The molecule has 1 heterocycles. The molecule has 1 saturated heterocycles. The number of ether oxygens (including phenoxy) is 2. The summed E-state index contributed by atoms with van der Waals surface area (Å²) in [5.41, 5.74) is 2.41. The van der Waals surface area contributed by atoms with Crippen LogP contribution in [0.4, 0.5) is 0 Å². The smallest absolute Gasteiger partial charge is 0.110 e. The average Bonchev–Trinajstić information content (AvgIpc) is 3.33. The molecule has 0 aromatic heterocycles. The zero-order valence-electron chi connectivity index (χ0n) is 27.9. The number of rotatable bonds is 10. The first-order chi connectivity index (χ1) is 19.9. The lowest BCUT2D eigenvalue weighted by Crippen LogP contribution is -2.56. The standard InChI is InChI=1S/C37H64O5/c1-8-25(22(2)3)10-9-23(4)29-13-14-30-28-12-11-26-19-27(15-17-36(26,6)31(28)16-18-37(29,30)7)41-21-33-35(40)34(39)24(5)32(20-38)42-33/h11,22-25,27-35,38-40H,8-10,12-21H2,1-7H3/t23?,24-,25?,27?,28?,29?,30?,31?,32?,33+,34-,35?,36?,37?/m1/s1. The third kappa shape index (κ3) is 5.93. The van der Waals surface area contributed by atoms with Crippen molar-refractivity contribution in [1.29, 1.82) is 0 Å². The molecular formula is C37H64O5. The molecule has 242 valence electrons. The van der Waals surface area contributed by atoms with Crippen LogP contribution < -0.4 is 0 Å². The van der Waals surface area contributed by atoms with Gasteiger partial charge in [-0.2, -0.15) is 0 Å². The van der Waals surface area contributed by atoms with Crippen LogP contribution in [0, 0.1) is 58.2 Å². The van der Waals surface area contributed by atoms with E-state index in [-0.39, 0.29) is 30.7 Å². The molecule has 0 amide bonds. The van der Waals surface area contributed by atoms with E-state index in [4.69, 9.17) is 9.47 Å². The maximum absolute atomic E-state index is 10.6. The zero-order chi connectivity index (χ0) is 30.4. The fraction of sp³-hybridized carbons (Fsp3) is 0.946. The molecule has 1 aliphatic heterocycles. The molecule has 5 aliphatic rings. The van der Waals surface area contributed by atoms with E-state index in [9.17, 15) is 15.3 Å². The minimum atomic E-state index is -0.982. The lowest BCUT2D eigenvalue weighted by atomic mass is 9.47. The lowest BCUT2D eigenvalue weighted by molar-refractivity contribution is -0.221. The Bertz CT molecular complexity index is 931. The van der Waals surface area contributed by atoms with Gasteiger partial charge in [0.2, 0.25) is 0 Å². The van der Waals surface area contributed by atoms with Crippen LogP contribution in [-0.2, 0) is 9.47 Å². The lowest BCUT2D eigenvalue weighted by Gasteiger charge is -2.58. The molecule has 4 aliphatic carbocycles. The van der Waals surface area contributed by atoms with Crippen LogP contribution >= 0.6 is 0 Å². The summed E-state index contributed by atoms with van der Waals surface area (Å²) in [5.74, 6) is 5.60. The minimum absolute atomic E-state index is 0.129. The van der Waals surface area contributed by atoms with E-state index in [2.05, 4.69) is 47.6 Å². The van der Waals surface area contributed by atoms with Crippen LogP contribution in [0.5, 0.6) is 0 Å². The van der Waals surface area contributed by atoms with Gasteiger partial charge in [-0.3, -0.25) is 0 Å². The van der Waals surface area contributed by atoms with E-state index in [0.717, 1.165) is 54.3 Å². The summed E-state index contributed by atoms with van der Waals surface area (Å²) >= 11 is 0. The third-order valence-corrected chi connectivity index (χ3v) is 14.2. The molecule has 42 heavy (non-hydrogen) atoms. The van der Waals surface area contributed by atoms with Crippen LogP contribution in [0.3, 0.4) is 0 Å². The Balaban J connectivity index is 1.20. The molecule has 0 bridgehead atoms. The molecule has 5 heteroatoms. The highest BCUT2D eigenvalue weighted by molar-refractivity contribution is 5.25. The zero-order valence-corrected chi connectivity index (χ0v) is 27.9. The molecule has 0 aromatic carbocycles. The first-order valence-corrected chi connectivity index (χ1v) is 17.9.